The van der Waals surface area contributed by atoms with Gasteiger partial charge in [0.15, 0.2) is 0 Å². The molecule has 2 rings (SSSR count). The Morgan fingerprint density at radius 2 is 1.69 bits per heavy atom. The van der Waals surface area contributed by atoms with Crippen molar-refractivity contribution in [3.05, 3.63) is 23.8 Å². The molecule has 0 aliphatic heterocycles. The molecule has 2 aliphatic carbocycles. The third kappa shape index (κ3) is 7.27. The molecule has 0 aromatic carbocycles. The Morgan fingerprint density at radius 1 is 1.14 bits per heavy atom. The van der Waals surface area contributed by atoms with Gasteiger partial charge in [0.2, 0.25) is 0 Å². The normalized spacial score (nSPS) is 26.7. The van der Waals surface area contributed by atoms with Gasteiger partial charge in [0.25, 0.3) is 0 Å². The van der Waals surface area contributed by atoms with Gasteiger partial charge in [-0.2, -0.15) is 0 Å². The van der Waals surface area contributed by atoms with E-state index < -0.39 is 10.8 Å². The van der Waals surface area contributed by atoms with E-state index in [-0.39, 0.29) is 22.6 Å². The molecule has 0 aromatic rings. The molecular weight excluding hydrogens is 371 g/mol. The van der Waals surface area contributed by atoms with Crippen LogP contribution in [0.15, 0.2) is 23.8 Å². The monoisotopic (exact) mass is 412 g/mol. The Hall–Kier alpha value is -1.65. The third-order valence-corrected chi connectivity index (χ3v) is 6.83. The minimum Gasteiger partial charge on any atom is -0.469 e. The first kappa shape index (κ1) is 27.4. The SMILES string of the molecule is C=C(C)C1CC=C(C)CC1.COC(=O)C1(C)CCC(C(C)(C)C(=O)OC)CC1.F. The largest absolute Gasteiger partial charge is 0.469 e. The topological polar surface area (TPSA) is 52.6 Å². The number of carbonyl (C=O) groups excluding carboxylic acids is 2. The lowest BCUT2D eigenvalue weighted by Crippen LogP contribution is -2.41. The molecule has 0 radical (unpaired) electrons. The Labute approximate surface area is 176 Å². The maximum absolute atomic E-state index is 11.8. The summed E-state index contributed by atoms with van der Waals surface area (Å²) < 4.78 is 9.71. The molecule has 0 amide bonds. The average molecular weight is 413 g/mol. The van der Waals surface area contributed by atoms with E-state index in [1.807, 2.05) is 20.8 Å². The number of hydrogen-bond acceptors (Lipinski definition) is 4. The van der Waals surface area contributed by atoms with Gasteiger partial charge in [-0.1, -0.05) is 23.8 Å². The van der Waals surface area contributed by atoms with Crippen LogP contribution in [0.1, 0.15) is 79.6 Å². The molecule has 4 nitrogen and oxygen atoms in total. The third-order valence-electron chi connectivity index (χ3n) is 6.83. The van der Waals surface area contributed by atoms with Crippen molar-refractivity contribution in [2.45, 2.75) is 79.6 Å². The first-order chi connectivity index (χ1) is 13.0. The van der Waals surface area contributed by atoms with E-state index in [0.29, 0.717) is 0 Å². The van der Waals surface area contributed by atoms with Crippen LogP contribution in [0, 0.1) is 22.7 Å². The predicted octanol–water partition coefficient (Wildman–Crippen LogP) is 6.02. The molecular formula is C24H41FO4. The molecule has 2 aliphatic rings. The summed E-state index contributed by atoms with van der Waals surface area (Å²) in [5.74, 6) is 0.720. The Balaban J connectivity index is 0.000000606. The summed E-state index contributed by atoms with van der Waals surface area (Å²) in [5, 5.41) is 0. The molecule has 5 heteroatoms. The van der Waals surface area contributed by atoms with Gasteiger partial charge in [-0.15, -0.1) is 0 Å². The van der Waals surface area contributed by atoms with Crippen molar-refractivity contribution in [1.82, 2.24) is 0 Å². The van der Waals surface area contributed by atoms with Gasteiger partial charge in [0.1, 0.15) is 0 Å². The summed E-state index contributed by atoms with van der Waals surface area (Å²) in [4.78, 5) is 23.5. The Bertz CT molecular complexity index is 598. The van der Waals surface area contributed by atoms with Crippen molar-refractivity contribution in [3.63, 3.8) is 0 Å². The molecule has 0 spiro atoms. The highest BCUT2D eigenvalue weighted by Gasteiger charge is 2.45. The lowest BCUT2D eigenvalue weighted by Gasteiger charge is -2.40. The van der Waals surface area contributed by atoms with Gasteiger partial charge in [-0.25, -0.2) is 0 Å². The molecule has 1 saturated carbocycles. The van der Waals surface area contributed by atoms with E-state index in [0.717, 1.165) is 31.6 Å². The van der Waals surface area contributed by atoms with Gasteiger partial charge in [0.05, 0.1) is 25.0 Å². The van der Waals surface area contributed by atoms with Gasteiger partial charge in [-0.05, 0) is 91.4 Å². The van der Waals surface area contributed by atoms with E-state index in [1.165, 1.54) is 39.1 Å². The summed E-state index contributed by atoms with van der Waals surface area (Å²) in [5.41, 5.74) is 2.03. The van der Waals surface area contributed by atoms with Crippen LogP contribution in [0.5, 0.6) is 0 Å². The van der Waals surface area contributed by atoms with Crippen molar-refractivity contribution in [2.24, 2.45) is 22.7 Å². The Kier molecular flexibility index (Phi) is 10.9. The van der Waals surface area contributed by atoms with Crippen molar-refractivity contribution in [3.8, 4) is 0 Å². The van der Waals surface area contributed by atoms with Crippen LogP contribution in [-0.4, -0.2) is 26.2 Å². The lowest BCUT2D eigenvalue weighted by molar-refractivity contribution is -0.159. The highest BCUT2D eigenvalue weighted by atomic mass is 19.0. The predicted molar refractivity (Wildman–Crippen MR) is 116 cm³/mol. The first-order valence-corrected chi connectivity index (χ1v) is 10.5. The van der Waals surface area contributed by atoms with Crippen molar-refractivity contribution in [2.75, 3.05) is 14.2 Å². The maximum Gasteiger partial charge on any atom is 0.311 e. The average Bonchev–Trinajstić information content (AvgIpc) is 2.67. The van der Waals surface area contributed by atoms with Gasteiger partial charge < -0.3 is 9.47 Å². The zero-order chi connectivity index (χ0) is 21.5. The number of allylic oxidation sites excluding steroid dienone is 3. The quantitative estimate of drug-likeness (QED) is 0.419. The first-order valence-electron chi connectivity index (χ1n) is 10.5. The zero-order valence-corrected chi connectivity index (χ0v) is 19.4. The number of esters is 2. The number of halogens is 1. The van der Waals surface area contributed by atoms with Crippen LogP contribution in [0.4, 0.5) is 4.70 Å². The lowest BCUT2D eigenvalue weighted by atomic mass is 9.64. The number of hydrogen-bond donors (Lipinski definition) is 0. The van der Waals surface area contributed by atoms with E-state index in [9.17, 15) is 9.59 Å². The fraction of sp³-hybridized carbons (Fsp3) is 0.750. The molecule has 1 atom stereocenters. The summed E-state index contributed by atoms with van der Waals surface area (Å²) in [6.07, 6.45) is 9.41. The van der Waals surface area contributed by atoms with Crippen LogP contribution < -0.4 is 0 Å². The molecule has 1 unspecified atom stereocenters. The molecule has 0 heterocycles. The van der Waals surface area contributed by atoms with E-state index in [2.05, 4.69) is 26.5 Å². The molecule has 0 saturated heterocycles. The fourth-order valence-corrected chi connectivity index (χ4v) is 4.27. The minimum atomic E-state index is -0.480. The Morgan fingerprint density at radius 3 is 2.07 bits per heavy atom. The van der Waals surface area contributed by atoms with Gasteiger partial charge in [-0.3, -0.25) is 14.3 Å². The molecule has 168 valence electrons. The molecule has 0 N–H and O–H groups in total. The van der Waals surface area contributed by atoms with E-state index in [4.69, 9.17) is 9.47 Å². The van der Waals surface area contributed by atoms with Crippen molar-refractivity contribution >= 4 is 11.9 Å². The van der Waals surface area contributed by atoms with Crippen LogP contribution >= 0.6 is 0 Å². The van der Waals surface area contributed by atoms with Gasteiger partial charge in [0, 0.05) is 0 Å². The van der Waals surface area contributed by atoms with Crippen LogP contribution in [0.2, 0.25) is 0 Å². The van der Waals surface area contributed by atoms with Crippen LogP contribution in [0.25, 0.3) is 0 Å². The van der Waals surface area contributed by atoms with Crippen molar-refractivity contribution in [1.29, 1.82) is 0 Å². The minimum absolute atomic E-state index is 0. The fourth-order valence-electron chi connectivity index (χ4n) is 4.27. The van der Waals surface area contributed by atoms with Crippen LogP contribution in [-0.2, 0) is 19.1 Å². The number of methoxy groups -OCH3 is 2. The summed E-state index contributed by atoms with van der Waals surface area (Å²) in [7, 11) is 2.85. The number of rotatable bonds is 4. The summed E-state index contributed by atoms with van der Waals surface area (Å²) >= 11 is 0. The number of ether oxygens (including phenoxy) is 2. The van der Waals surface area contributed by atoms with E-state index >= 15 is 0 Å². The molecule has 29 heavy (non-hydrogen) atoms. The summed E-state index contributed by atoms with van der Waals surface area (Å²) in [6, 6.07) is 0. The van der Waals surface area contributed by atoms with Gasteiger partial charge >= 0.3 is 11.9 Å². The second-order valence-electron chi connectivity index (χ2n) is 9.41. The smallest absolute Gasteiger partial charge is 0.311 e. The molecule has 0 bridgehead atoms. The van der Waals surface area contributed by atoms with E-state index in [1.54, 1.807) is 5.57 Å². The second-order valence-corrected chi connectivity index (χ2v) is 9.41. The highest BCUT2D eigenvalue weighted by Crippen LogP contribution is 2.46. The number of carbonyl (C=O) groups is 2. The summed E-state index contributed by atoms with van der Waals surface area (Å²) in [6.45, 7) is 14.1. The highest BCUT2D eigenvalue weighted by molar-refractivity contribution is 5.77. The van der Waals surface area contributed by atoms with Crippen molar-refractivity contribution < 1.29 is 23.8 Å². The second kappa shape index (κ2) is 11.5. The maximum atomic E-state index is 11.8. The van der Waals surface area contributed by atoms with Crippen LogP contribution in [0.3, 0.4) is 0 Å². The zero-order valence-electron chi connectivity index (χ0n) is 19.4. The molecule has 0 aromatic heterocycles. The molecule has 1 fully saturated rings. The standard InChI is InChI=1S/C14H24O4.C10H16.FH/c1-13(2,11(15)17-4)10-6-8-14(3,9-7-10)12(16)18-5;1-8(2)10-6-4-9(3)5-7-10;/h10H,6-9H2,1-5H3;4,10H,1,5-7H2,2-3H3;1H.